The van der Waals surface area contributed by atoms with Crippen LogP contribution in [0.1, 0.15) is 20.8 Å². The fraction of sp³-hybridized carbons (Fsp3) is 0.857. The highest BCUT2D eigenvalue weighted by atomic mass is 16.7. The number of fused-ring (bicyclic) bond motifs is 1. The molecular weight excluding hydrogens is 132 g/mol. The quantitative estimate of drug-likeness (QED) is 0.364. The first kappa shape index (κ1) is 6.16. The van der Waals surface area contributed by atoms with E-state index in [1.165, 1.54) is 0 Å². The fourth-order valence-corrected chi connectivity index (χ4v) is 1.35. The first-order valence-corrected chi connectivity index (χ1v) is 3.38. The first-order valence-electron chi connectivity index (χ1n) is 3.38. The van der Waals surface area contributed by atoms with Gasteiger partial charge in [0.15, 0.2) is 6.10 Å². The van der Waals surface area contributed by atoms with E-state index in [4.69, 9.17) is 9.47 Å². The molecule has 0 saturated carbocycles. The third-order valence-electron chi connectivity index (χ3n) is 2.57. The summed E-state index contributed by atoms with van der Waals surface area (Å²) in [6.45, 7) is 5.65. The average molecular weight is 142 g/mol. The van der Waals surface area contributed by atoms with Gasteiger partial charge in [-0.3, -0.25) is 0 Å². The Hall–Kier alpha value is -0.570. The average Bonchev–Trinajstić information content (AvgIpc) is 2.37. The van der Waals surface area contributed by atoms with Crippen molar-refractivity contribution in [3.63, 3.8) is 0 Å². The molecule has 10 heavy (non-hydrogen) atoms. The van der Waals surface area contributed by atoms with Gasteiger partial charge in [0.2, 0.25) is 0 Å². The molecule has 56 valence electrons. The Morgan fingerprint density at radius 3 is 2.10 bits per heavy atom. The number of cyclic esters (lactones) is 1. The Labute approximate surface area is 59.3 Å². The van der Waals surface area contributed by atoms with E-state index in [2.05, 4.69) is 0 Å². The summed E-state index contributed by atoms with van der Waals surface area (Å²) in [6.07, 6.45) is -0.289. The minimum absolute atomic E-state index is 0.215. The lowest BCUT2D eigenvalue weighted by Gasteiger charge is -2.23. The van der Waals surface area contributed by atoms with Gasteiger partial charge in [-0.2, -0.15) is 0 Å². The standard InChI is InChI=1S/C7H10O3/c1-6(2)7(3)4(9-7)5(8)10-6/h4H,1-3H3. The maximum absolute atomic E-state index is 10.9. The van der Waals surface area contributed by atoms with Gasteiger partial charge in [-0.25, -0.2) is 4.79 Å². The molecule has 0 bridgehead atoms. The van der Waals surface area contributed by atoms with E-state index in [0.29, 0.717) is 0 Å². The zero-order valence-corrected chi connectivity index (χ0v) is 6.30. The lowest BCUT2D eigenvalue weighted by Crippen LogP contribution is -2.36. The topological polar surface area (TPSA) is 38.8 Å². The maximum Gasteiger partial charge on any atom is 0.339 e. The molecule has 3 nitrogen and oxygen atoms in total. The Bertz CT molecular complexity index is 206. The molecule has 2 atom stereocenters. The molecule has 0 aromatic carbocycles. The molecule has 2 aliphatic rings. The minimum Gasteiger partial charge on any atom is -0.454 e. The van der Waals surface area contributed by atoms with Gasteiger partial charge in [-0.15, -0.1) is 0 Å². The van der Waals surface area contributed by atoms with Gasteiger partial charge in [0.25, 0.3) is 0 Å². The molecule has 2 aliphatic heterocycles. The van der Waals surface area contributed by atoms with Crippen LogP contribution in [0.5, 0.6) is 0 Å². The third kappa shape index (κ3) is 0.440. The van der Waals surface area contributed by atoms with Crippen molar-refractivity contribution in [3.8, 4) is 0 Å². The molecule has 2 unspecified atom stereocenters. The summed E-state index contributed by atoms with van der Waals surface area (Å²) in [5, 5.41) is 0. The molecule has 0 aromatic heterocycles. The monoisotopic (exact) mass is 142 g/mol. The van der Waals surface area contributed by atoms with E-state index >= 15 is 0 Å². The highest BCUT2D eigenvalue weighted by molar-refractivity contribution is 5.83. The van der Waals surface area contributed by atoms with Gasteiger partial charge in [-0.05, 0) is 20.8 Å². The normalized spacial score (nSPS) is 48.3. The summed E-state index contributed by atoms with van der Waals surface area (Å²) < 4.78 is 10.2. The summed E-state index contributed by atoms with van der Waals surface area (Å²) in [5.41, 5.74) is -0.779. The second-order valence-electron chi connectivity index (χ2n) is 3.54. The molecule has 0 N–H and O–H groups in total. The number of carbonyl (C=O) groups excluding carboxylic acids is 1. The summed E-state index contributed by atoms with van der Waals surface area (Å²) in [7, 11) is 0. The van der Waals surface area contributed by atoms with Gasteiger partial charge < -0.3 is 9.47 Å². The van der Waals surface area contributed by atoms with Gasteiger partial charge in [0.1, 0.15) is 11.2 Å². The van der Waals surface area contributed by atoms with Crippen molar-refractivity contribution >= 4 is 5.97 Å². The van der Waals surface area contributed by atoms with Crippen LogP contribution in [0.15, 0.2) is 0 Å². The maximum atomic E-state index is 10.9. The van der Waals surface area contributed by atoms with Crippen molar-refractivity contribution < 1.29 is 14.3 Å². The zero-order chi connectivity index (χ0) is 7.57. The summed E-state index contributed by atoms with van der Waals surface area (Å²) in [5.74, 6) is -0.215. The van der Waals surface area contributed by atoms with E-state index in [0.717, 1.165) is 0 Å². The highest BCUT2D eigenvalue weighted by Crippen LogP contribution is 2.52. The second-order valence-corrected chi connectivity index (χ2v) is 3.54. The van der Waals surface area contributed by atoms with Gasteiger partial charge in [-0.1, -0.05) is 0 Å². The summed E-state index contributed by atoms with van der Waals surface area (Å²) >= 11 is 0. The minimum atomic E-state index is -0.436. The lowest BCUT2D eigenvalue weighted by molar-refractivity contribution is -0.159. The Kier molecular flexibility index (Phi) is 0.759. The van der Waals surface area contributed by atoms with Crippen molar-refractivity contribution in [1.82, 2.24) is 0 Å². The molecule has 0 radical (unpaired) electrons. The molecule has 2 heterocycles. The van der Waals surface area contributed by atoms with E-state index in [-0.39, 0.29) is 17.7 Å². The van der Waals surface area contributed by atoms with Crippen LogP contribution in [0.25, 0.3) is 0 Å². The van der Waals surface area contributed by atoms with Crippen molar-refractivity contribution in [2.45, 2.75) is 38.1 Å². The number of carbonyl (C=O) groups is 1. The number of ether oxygens (including phenoxy) is 2. The van der Waals surface area contributed by atoms with E-state index in [1.54, 1.807) is 0 Å². The first-order chi connectivity index (χ1) is 4.47. The van der Waals surface area contributed by atoms with Crippen LogP contribution in [0.4, 0.5) is 0 Å². The van der Waals surface area contributed by atoms with E-state index in [9.17, 15) is 4.79 Å². The Balaban J connectivity index is 2.37. The van der Waals surface area contributed by atoms with Crippen LogP contribution >= 0.6 is 0 Å². The van der Waals surface area contributed by atoms with Gasteiger partial charge >= 0.3 is 5.97 Å². The largest absolute Gasteiger partial charge is 0.454 e. The molecular formula is C7H10O3. The van der Waals surface area contributed by atoms with Crippen molar-refractivity contribution in [2.75, 3.05) is 0 Å². The third-order valence-corrected chi connectivity index (χ3v) is 2.57. The van der Waals surface area contributed by atoms with Crippen LogP contribution in [-0.4, -0.2) is 23.3 Å². The number of epoxide rings is 1. The summed E-state index contributed by atoms with van der Waals surface area (Å²) in [6, 6.07) is 0. The molecule has 0 spiro atoms. The Morgan fingerprint density at radius 1 is 1.40 bits per heavy atom. The molecule has 2 saturated heterocycles. The van der Waals surface area contributed by atoms with Crippen molar-refractivity contribution in [3.05, 3.63) is 0 Å². The zero-order valence-electron chi connectivity index (χ0n) is 6.30. The van der Waals surface area contributed by atoms with Crippen LogP contribution in [0, 0.1) is 0 Å². The van der Waals surface area contributed by atoms with Crippen molar-refractivity contribution in [2.24, 2.45) is 0 Å². The van der Waals surface area contributed by atoms with Crippen LogP contribution in [0.3, 0.4) is 0 Å². The molecule has 2 fully saturated rings. The van der Waals surface area contributed by atoms with Crippen LogP contribution in [0.2, 0.25) is 0 Å². The smallest absolute Gasteiger partial charge is 0.339 e. The highest BCUT2D eigenvalue weighted by Gasteiger charge is 2.73. The number of rotatable bonds is 0. The summed E-state index contributed by atoms with van der Waals surface area (Å²) in [4.78, 5) is 10.9. The molecule has 0 aromatic rings. The van der Waals surface area contributed by atoms with Crippen LogP contribution in [-0.2, 0) is 14.3 Å². The van der Waals surface area contributed by atoms with E-state index in [1.807, 2.05) is 20.8 Å². The van der Waals surface area contributed by atoms with Gasteiger partial charge in [0, 0.05) is 0 Å². The van der Waals surface area contributed by atoms with E-state index < -0.39 is 5.60 Å². The number of esters is 1. The molecule has 2 rings (SSSR count). The molecule has 0 aliphatic carbocycles. The van der Waals surface area contributed by atoms with Crippen LogP contribution < -0.4 is 0 Å². The fourth-order valence-electron chi connectivity index (χ4n) is 1.35. The molecule has 0 amide bonds. The van der Waals surface area contributed by atoms with Gasteiger partial charge in [0.05, 0.1) is 0 Å². The predicted octanol–water partition coefficient (Wildman–Crippen LogP) is 0.479. The predicted molar refractivity (Wildman–Crippen MR) is 33.4 cm³/mol. The van der Waals surface area contributed by atoms with Crippen molar-refractivity contribution in [1.29, 1.82) is 0 Å². The number of hydrogen-bond donors (Lipinski definition) is 0. The lowest BCUT2D eigenvalue weighted by atomic mass is 9.92. The molecule has 3 heteroatoms. The SMILES string of the molecule is CC1(C)OC(=O)C2OC21C. The Morgan fingerprint density at radius 2 is 2.00 bits per heavy atom. The second kappa shape index (κ2) is 1.23. The number of hydrogen-bond acceptors (Lipinski definition) is 3.